The molecule has 0 unspecified atom stereocenters. The van der Waals surface area contributed by atoms with Gasteiger partial charge in [-0.25, -0.2) is 0 Å². The van der Waals surface area contributed by atoms with Gasteiger partial charge >= 0.3 is 0 Å². The van der Waals surface area contributed by atoms with Crippen molar-refractivity contribution in [1.29, 1.82) is 5.26 Å². The maximum atomic E-state index is 8.33. The van der Waals surface area contributed by atoms with Crippen molar-refractivity contribution in [2.75, 3.05) is 0 Å². The maximum absolute atomic E-state index is 8.33. The van der Waals surface area contributed by atoms with Gasteiger partial charge in [0.1, 0.15) is 0 Å². The van der Waals surface area contributed by atoms with Crippen LogP contribution in [-0.2, 0) is 0 Å². The molecule has 0 heterocycles. The summed E-state index contributed by atoms with van der Waals surface area (Å²) < 4.78 is 0.781. The SMILES string of the molecule is C=C(C#N)/C=C(/C)C(=C)Br. The standard InChI is InChI=1S/C8H8BrN/c1-6(5-10)4-7(2)8(3)9/h4H,1,3H2,2H3/b7-4-. The minimum atomic E-state index is 0.443. The van der Waals surface area contributed by atoms with E-state index >= 15 is 0 Å². The van der Waals surface area contributed by atoms with E-state index in [0.717, 1.165) is 10.1 Å². The van der Waals surface area contributed by atoms with Crippen molar-refractivity contribution in [2.24, 2.45) is 0 Å². The van der Waals surface area contributed by atoms with Crippen molar-refractivity contribution < 1.29 is 0 Å². The van der Waals surface area contributed by atoms with Crippen LogP contribution in [-0.4, -0.2) is 0 Å². The predicted molar refractivity (Wildman–Crippen MR) is 46.6 cm³/mol. The summed E-state index contributed by atoms with van der Waals surface area (Å²) >= 11 is 3.18. The van der Waals surface area contributed by atoms with Gasteiger partial charge in [-0.2, -0.15) is 5.26 Å². The third kappa shape index (κ3) is 3.26. The zero-order valence-electron chi connectivity index (χ0n) is 5.82. The Bertz CT molecular complexity index is 230. The van der Waals surface area contributed by atoms with E-state index in [-0.39, 0.29) is 0 Å². The molecule has 2 heteroatoms. The van der Waals surface area contributed by atoms with E-state index in [1.807, 2.05) is 13.0 Å². The first-order valence-corrected chi connectivity index (χ1v) is 3.49. The molecule has 0 aromatic heterocycles. The zero-order chi connectivity index (χ0) is 8.15. The van der Waals surface area contributed by atoms with Crippen molar-refractivity contribution in [1.82, 2.24) is 0 Å². The second kappa shape index (κ2) is 4.08. The smallest absolute Gasteiger partial charge is 0.0985 e. The molecule has 0 aliphatic rings. The first-order valence-electron chi connectivity index (χ1n) is 2.70. The van der Waals surface area contributed by atoms with Gasteiger partial charge in [-0.05, 0) is 18.6 Å². The molecule has 0 saturated heterocycles. The van der Waals surface area contributed by atoms with Crippen LogP contribution in [0.1, 0.15) is 6.92 Å². The molecular weight excluding hydrogens is 190 g/mol. The lowest BCUT2D eigenvalue weighted by atomic mass is 10.2. The van der Waals surface area contributed by atoms with Gasteiger partial charge in [0.25, 0.3) is 0 Å². The van der Waals surface area contributed by atoms with E-state index in [1.165, 1.54) is 0 Å². The van der Waals surface area contributed by atoms with Crippen molar-refractivity contribution >= 4 is 15.9 Å². The molecule has 0 radical (unpaired) electrons. The highest BCUT2D eigenvalue weighted by Crippen LogP contribution is 2.14. The molecule has 0 aliphatic carbocycles. The normalized spacial score (nSPS) is 10.3. The Morgan fingerprint density at radius 1 is 1.60 bits per heavy atom. The van der Waals surface area contributed by atoms with Crippen LogP contribution in [0.5, 0.6) is 0 Å². The molecule has 0 aliphatic heterocycles. The number of allylic oxidation sites excluding steroid dienone is 4. The summed E-state index contributed by atoms with van der Waals surface area (Å²) in [5.41, 5.74) is 1.37. The fourth-order valence-corrected chi connectivity index (χ4v) is 0.486. The summed E-state index contributed by atoms with van der Waals surface area (Å²) in [6.07, 6.45) is 1.68. The highest BCUT2D eigenvalue weighted by molar-refractivity contribution is 9.11. The molecule has 0 aromatic rings. The van der Waals surface area contributed by atoms with Crippen LogP contribution >= 0.6 is 15.9 Å². The highest BCUT2D eigenvalue weighted by atomic mass is 79.9. The third-order valence-corrected chi connectivity index (χ3v) is 1.59. The lowest BCUT2D eigenvalue weighted by Gasteiger charge is -1.93. The molecular formula is C8H8BrN. The quantitative estimate of drug-likeness (QED) is 0.494. The highest BCUT2D eigenvalue weighted by Gasteiger charge is 1.91. The summed E-state index contributed by atoms with van der Waals surface area (Å²) in [4.78, 5) is 0. The van der Waals surface area contributed by atoms with Crippen molar-refractivity contribution in [2.45, 2.75) is 6.92 Å². The van der Waals surface area contributed by atoms with Gasteiger partial charge in [0.05, 0.1) is 6.07 Å². The van der Waals surface area contributed by atoms with Crippen LogP contribution in [0.2, 0.25) is 0 Å². The second-order valence-corrected chi connectivity index (χ2v) is 2.83. The molecule has 0 atom stereocenters. The van der Waals surface area contributed by atoms with Gasteiger partial charge in [-0.1, -0.05) is 29.1 Å². The topological polar surface area (TPSA) is 23.8 Å². The van der Waals surface area contributed by atoms with Crippen LogP contribution in [0.3, 0.4) is 0 Å². The molecule has 1 nitrogen and oxygen atoms in total. The fourth-order valence-electron chi connectivity index (χ4n) is 0.372. The van der Waals surface area contributed by atoms with E-state index in [2.05, 4.69) is 29.1 Å². The Morgan fingerprint density at radius 3 is 2.40 bits per heavy atom. The van der Waals surface area contributed by atoms with E-state index in [1.54, 1.807) is 6.08 Å². The average molecular weight is 198 g/mol. The molecule has 0 saturated carbocycles. The molecule has 0 N–H and O–H groups in total. The van der Waals surface area contributed by atoms with Crippen LogP contribution in [0.25, 0.3) is 0 Å². The Labute approximate surface area is 69.5 Å². The summed E-state index contributed by atoms with van der Waals surface area (Å²) in [7, 11) is 0. The van der Waals surface area contributed by atoms with Gasteiger partial charge in [0, 0.05) is 10.1 Å². The lowest BCUT2D eigenvalue weighted by molar-refractivity contribution is 1.46. The predicted octanol–water partition coefficient (Wildman–Crippen LogP) is 2.92. The van der Waals surface area contributed by atoms with Crippen molar-refractivity contribution in [3.63, 3.8) is 0 Å². The Hall–Kier alpha value is -0.810. The van der Waals surface area contributed by atoms with E-state index in [4.69, 9.17) is 5.26 Å². The number of halogens is 1. The number of hydrogen-bond acceptors (Lipinski definition) is 1. The van der Waals surface area contributed by atoms with E-state index in [0.29, 0.717) is 5.57 Å². The number of nitriles is 1. The first kappa shape index (κ1) is 9.19. The second-order valence-electron chi connectivity index (χ2n) is 1.87. The third-order valence-electron chi connectivity index (χ3n) is 0.962. The number of rotatable bonds is 2. The zero-order valence-corrected chi connectivity index (χ0v) is 7.40. The van der Waals surface area contributed by atoms with Crippen molar-refractivity contribution in [3.05, 3.63) is 34.9 Å². The monoisotopic (exact) mass is 197 g/mol. The molecule has 0 bridgehead atoms. The summed E-state index contributed by atoms with van der Waals surface area (Å²) in [6, 6.07) is 1.92. The molecule has 0 rings (SSSR count). The van der Waals surface area contributed by atoms with Gasteiger partial charge < -0.3 is 0 Å². The van der Waals surface area contributed by atoms with Crippen LogP contribution < -0.4 is 0 Å². The molecule has 0 fully saturated rings. The van der Waals surface area contributed by atoms with E-state index < -0.39 is 0 Å². The largest absolute Gasteiger partial charge is 0.192 e. The maximum Gasteiger partial charge on any atom is 0.0985 e. The Kier molecular flexibility index (Phi) is 3.75. The molecule has 52 valence electrons. The Morgan fingerprint density at radius 2 is 2.10 bits per heavy atom. The van der Waals surface area contributed by atoms with Crippen molar-refractivity contribution in [3.8, 4) is 6.07 Å². The lowest BCUT2D eigenvalue weighted by Crippen LogP contribution is -1.74. The molecule has 0 spiro atoms. The fraction of sp³-hybridized carbons (Fsp3) is 0.125. The van der Waals surface area contributed by atoms with Gasteiger partial charge in [-0.3, -0.25) is 0 Å². The first-order chi connectivity index (χ1) is 4.57. The summed E-state index contributed by atoms with van der Waals surface area (Å²) in [5, 5.41) is 8.33. The average Bonchev–Trinajstić information content (AvgIpc) is 1.87. The molecule has 0 aromatic carbocycles. The number of hydrogen-bond donors (Lipinski definition) is 0. The molecule has 0 amide bonds. The Balaban J connectivity index is 4.35. The minimum Gasteiger partial charge on any atom is -0.192 e. The number of nitrogens with zero attached hydrogens (tertiary/aromatic N) is 1. The van der Waals surface area contributed by atoms with Gasteiger partial charge in [-0.15, -0.1) is 0 Å². The van der Waals surface area contributed by atoms with Crippen LogP contribution in [0.4, 0.5) is 0 Å². The summed E-state index contributed by atoms with van der Waals surface area (Å²) in [5.74, 6) is 0. The molecule has 10 heavy (non-hydrogen) atoms. The van der Waals surface area contributed by atoms with E-state index in [9.17, 15) is 0 Å². The van der Waals surface area contributed by atoms with Gasteiger partial charge in [0.2, 0.25) is 0 Å². The summed E-state index contributed by atoms with van der Waals surface area (Å²) in [6.45, 7) is 9.00. The minimum absolute atomic E-state index is 0.443. The van der Waals surface area contributed by atoms with Crippen LogP contribution in [0, 0.1) is 11.3 Å². The van der Waals surface area contributed by atoms with Gasteiger partial charge in [0.15, 0.2) is 0 Å². The van der Waals surface area contributed by atoms with Crippen LogP contribution in [0.15, 0.2) is 34.9 Å².